The number of rotatable bonds is 13. The molecule has 1 aliphatic heterocycles. The Labute approximate surface area is 293 Å². The van der Waals surface area contributed by atoms with Gasteiger partial charge in [-0.05, 0) is 87.7 Å². The topological polar surface area (TPSA) is 121 Å². The molecule has 1 saturated heterocycles. The van der Waals surface area contributed by atoms with Crippen LogP contribution in [0.15, 0.2) is 60.8 Å². The number of hydrogen-bond acceptors (Lipinski definition) is 9. The number of halogens is 1. The summed E-state index contributed by atoms with van der Waals surface area (Å²) >= 11 is 0. The van der Waals surface area contributed by atoms with Crippen LogP contribution in [0.2, 0.25) is 0 Å². The largest absolute Gasteiger partial charge is 0.493 e. The smallest absolute Gasteiger partial charge is 0.262 e. The maximum absolute atomic E-state index is 15.3. The zero-order valence-electron chi connectivity index (χ0n) is 29.6. The lowest BCUT2D eigenvalue weighted by Crippen LogP contribution is -2.44. The van der Waals surface area contributed by atoms with E-state index in [1.54, 1.807) is 24.3 Å². The van der Waals surface area contributed by atoms with Crippen molar-refractivity contribution in [3.05, 3.63) is 88.9 Å². The molecule has 0 saturated carbocycles. The van der Waals surface area contributed by atoms with Crippen LogP contribution in [0.5, 0.6) is 17.4 Å². The van der Waals surface area contributed by atoms with Crippen LogP contribution < -0.4 is 30.3 Å². The second-order valence-electron chi connectivity index (χ2n) is 12.7. The van der Waals surface area contributed by atoms with E-state index in [-0.39, 0.29) is 35.2 Å². The molecule has 1 aromatic heterocycles. The van der Waals surface area contributed by atoms with E-state index in [1.165, 1.54) is 19.4 Å². The average Bonchev–Trinajstić information content (AvgIpc) is 3.10. The standard InChI is InChI=1S/C38H46FN7O4/c1-7-26(4)41-34(47)16-12-27-11-15-32(33(21-27)49-6)50-37-29(36(48)43-35-24(2)9-8-10-25(35)3)23-40-38(44-37)42-28-13-14-31(30(39)22-28)46-19-17-45(5)18-20-46/h8-11,13-15,21-23,26H,7,12,16-20H2,1-6H3,(H,41,47)(H,43,48)(H,40,42,44)/t26-/m1/s1. The fraction of sp³-hybridized carbons (Fsp3) is 0.368. The number of likely N-dealkylation sites (N-methyl/N-ethyl adjacent to an activating group) is 1. The molecule has 4 aromatic rings. The van der Waals surface area contributed by atoms with Crippen molar-refractivity contribution in [1.29, 1.82) is 0 Å². The van der Waals surface area contributed by atoms with E-state index in [2.05, 4.69) is 37.9 Å². The van der Waals surface area contributed by atoms with E-state index >= 15 is 4.39 Å². The van der Waals surface area contributed by atoms with Crippen LogP contribution >= 0.6 is 0 Å². The molecule has 12 heteroatoms. The Balaban J connectivity index is 1.41. The van der Waals surface area contributed by atoms with Gasteiger partial charge in [-0.2, -0.15) is 4.98 Å². The summed E-state index contributed by atoms with van der Waals surface area (Å²) in [5.41, 5.74) is 4.43. The molecule has 0 bridgehead atoms. The number of para-hydroxylation sites is 1. The molecule has 50 heavy (non-hydrogen) atoms. The third kappa shape index (κ3) is 9.06. The van der Waals surface area contributed by atoms with Gasteiger partial charge in [0.2, 0.25) is 17.7 Å². The lowest BCUT2D eigenvalue weighted by Gasteiger charge is -2.34. The van der Waals surface area contributed by atoms with Crippen molar-refractivity contribution >= 4 is 34.8 Å². The minimum absolute atomic E-state index is 0.0203. The monoisotopic (exact) mass is 683 g/mol. The van der Waals surface area contributed by atoms with Crippen molar-refractivity contribution in [2.24, 2.45) is 0 Å². The number of carbonyl (C=O) groups is 2. The van der Waals surface area contributed by atoms with Crippen LogP contribution in [0.3, 0.4) is 0 Å². The van der Waals surface area contributed by atoms with Gasteiger partial charge in [-0.25, -0.2) is 9.37 Å². The highest BCUT2D eigenvalue weighted by atomic mass is 19.1. The number of amides is 2. The molecule has 1 atom stereocenters. The summed E-state index contributed by atoms with van der Waals surface area (Å²) < 4.78 is 27.2. The number of anilines is 4. The average molecular weight is 684 g/mol. The van der Waals surface area contributed by atoms with Crippen molar-refractivity contribution in [3.8, 4) is 17.4 Å². The molecular weight excluding hydrogens is 637 g/mol. The predicted molar refractivity (Wildman–Crippen MR) is 195 cm³/mol. The zero-order valence-corrected chi connectivity index (χ0v) is 29.6. The number of carbonyl (C=O) groups excluding carboxylic acids is 2. The molecule has 3 aromatic carbocycles. The number of aromatic nitrogens is 2. The molecule has 2 amide bonds. The van der Waals surface area contributed by atoms with Gasteiger partial charge in [0.15, 0.2) is 11.5 Å². The molecule has 11 nitrogen and oxygen atoms in total. The summed E-state index contributed by atoms with van der Waals surface area (Å²) in [5.74, 6) is -0.0439. The number of aryl methyl sites for hydroxylation is 3. The van der Waals surface area contributed by atoms with Crippen LogP contribution in [-0.2, 0) is 11.2 Å². The Morgan fingerprint density at radius 3 is 2.42 bits per heavy atom. The summed E-state index contributed by atoms with van der Waals surface area (Å²) in [6.45, 7) is 11.0. The molecule has 2 heterocycles. The summed E-state index contributed by atoms with van der Waals surface area (Å²) in [4.78, 5) is 39.2. The van der Waals surface area contributed by atoms with E-state index in [0.29, 0.717) is 41.4 Å². The van der Waals surface area contributed by atoms with Crippen LogP contribution in [0.25, 0.3) is 0 Å². The van der Waals surface area contributed by atoms with Gasteiger partial charge in [-0.3, -0.25) is 9.59 Å². The first-order valence-electron chi connectivity index (χ1n) is 16.9. The molecule has 1 fully saturated rings. The third-order valence-electron chi connectivity index (χ3n) is 8.86. The maximum Gasteiger partial charge on any atom is 0.262 e. The lowest BCUT2D eigenvalue weighted by molar-refractivity contribution is -0.121. The number of nitrogens with one attached hydrogen (secondary N) is 3. The number of benzene rings is 3. The number of hydrogen-bond donors (Lipinski definition) is 3. The number of ether oxygens (including phenoxy) is 2. The van der Waals surface area contributed by atoms with Crippen molar-refractivity contribution in [1.82, 2.24) is 20.2 Å². The Morgan fingerprint density at radius 1 is 1.00 bits per heavy atom. The van der Waals surface area contributed by atoms with Gasteiger partial charge in [0, 0.05) is 56.2 Å². The highest BCUT2D eigenvalue weighted by Crippen LogP contribution is 2.35. The summed E-state index contributed by atoms with van der Waals surface area (Å²) in [6.07, 6.45) is 3.07. The third-order valence-corrected chi connectivity index (χ3v) is 8.86. The van der Waals surface area contributed by atoms with Gasteiger partial charge in [0.25, 0.3) is 5.91 Å². The first-order valence-corrected chi connectivity index (χ1v) is 16.9. The lowest BCUT2D eigenvalue weighted by atomic mass is 10.1. The van der Waals surface area contributed by atoms with Crippen molar-refractivity contribution in [2.45, 2.75) is 53.0 Å². The zero-order chi connectivity index (χ0) is 35.8. The van der Waals surface area contributed by atoms with E-state index in [9.17, 15) is 9.59 Å². The van der Waals surface area contributed by atoms with Crippen LogP contribution in [0.4, 0.5) is 27.4 Å². The van der Waals surface area contributed by atoms with Gasteiger partial charge in [0.1, 0.15) is 11.4 Å². The number of nitrogens with zero attached hydrogens (tertiary/aromatic N) is 4. The number of piperazine rings is 1. The van der Waals surface area contributed by atoms with E-state index in [0.717, 1.165) is 49.3 Å². The Morgan fingerprint density at radius 2 is 1.74 bits per heavy atom. The Bertz CT molecular complexity index is 1810. The predicted octanol–water partition coefficient (Wildman–Crippen LogP) is 6.63. The number of methoxy groups -OCH3 is 1. The molecule has 0 spiro atoms. The van der Waals surface area contributed by atoms with E-state index in [1.807, 2.05) is 56.9 Å². The maximum atomic E-state index is 15.3. The minimum atomic E-state index is -0.463. The van der Waals surface area contributed by atoms with Crippen molar-refractivity contribution in [2.75, 3.05) is 55.9 Å². The minimum Gasteiger partial charge on any atom is -0.493 e. The van der Waals surface area contributed by atoms with Crippen LogP contribution in [0.1, 0.15) is 53.7 Å². The Kier molecular flexibility index (Phi) is 11.9. The summed E-state index contributed by atoms with van der Waals surface area (Å²) in [7, 11) is 3.57. The quantitative estimate of drug-likeness (QED) is 0.143. The molecule has 1 aliphatic rings. The molecule has 5 rings (SSSR count). The normalized spacial score (nSPS) is 13.8. The van der Waals surface area contributed by atoms with Gasteiger partial charge in [-0.1, -0.05) is 31.2 Å². The van der Waals surface area contributed by atoms with Gasteiger partial charge >= 0.3 is 0 Å². The molecule has 0 aliphatic carbocycles. The van der Waals surface area contributed by atoms with Gasteiger partial charge < -0.3 is 35.2 Å². The van der Waals surface area contributed by atoms with E-state index in [4.69, 9.17) is 9.47 Å². The van der Waals surface area contributed by atoms with E-state index < -0.39 is 5.91 Å². The van der Waals surface area contributed by atoms with Crippen molar-refractivity contribution < 1.29 is 23.5 Å². The fourth-order valence-corrected chi connectivity index (χ4v) is 5.63. The molecule has 0 radical (unpaired) electrons. The van der Waals surface area contributed by atoms with Gasteiger partial charge in [-0.15, -0.1) is 0 Å². The second kappa shape index (κ2) is 16.4. The first kappa shape index (κ1) is 36.1. The summed E-state index contributed by atoms with van der Waals surface area (Å²) in [5, 5.41) is 9.01. The van der Waals surface area contributed by atoms with Crippen molar-refractivity contribution in [3.63, 3.8) is 0 Å². The first-order chi connectivity index (χ1) is 24.0. The highest BCUT2D eigenvalue weighted by molar-refractivity contribution is 6.06. The molecule has 264 valence electrons. The second-order valence-corrected chi connectivity index (χ2v) is 12.7. The SMILES string of the molecule is CC[C@@H](C)NC(=O)CCc1ccc(Oc2nc(Nc3ccc(N4CCN(C)CC4)c(F)c3)ncc2C(=O)Nc2c(C)cccc2C)c(OC)c1. The fourth-order valence-electron chi connectivity index (χ4n) is 5.63. The molecular formula is C38H46FN7O4. The van der Waals surface area contributed by atoms with Crippen LogP contribution in [-0.4, -0.2) is 73.1 Å². The molecule has 0 unspecified atom stereocenters. The Hall–Kier alpha value is -5.23. The summed E-state index contributed by atoms with van der Waals surface area (Å²) in [6, 6.07) is 16.1. The van der Waals surface area contributed by atoms with Crippen LogP contribution in [0, 0.1) is 19.7 Å². The van der Waals surface area contributed by atoms with Gasteiger partial charge in [0.05, 0.1) is 12.8 Å². The molecule has 3 N–H and O–H groups in total. The highest BCUT2D eigenvalue weighted by Gasteiger charge is 2.22.